The molecule has 0 aliphatic carbocycles. The van der Waals surface area contributed by atoms with E-state index in [1.807, 2.05) is 0 Å². The molecule has 5 nitrogen and oxygen atoms in total. The highest BCUT2D eigenvalue weighted by atomic mass is 19.3. The van der Waals surface area contributed by atoms with Crippen LogP contribution >= 0.6 is 0 Å². The van der Waals surface area contributed by atoms with Gasteiger partial charge in [0, 0.05) is 12.5 Å². The number of alkyl halides is 2. The van der Waals surface area contributed by atoms with Crippen molar-refractivity contribution in [1.29, 1.82) is 0 Å². The third-order valence-electron chi connectivity index (χ3n) is 3.23. The first-order valence-corrected chi connectivity index (χ1v) is 6.90. The van der Waals surface area contributed by atoms with E-state index in [9.17, 15) is 18.4 Å². The second kappa shape index (κ2) is 6.15. The van der Waals surface area contributed by atoms with Gasteiger partial charge in [-0.25, -0.2) is 13.6 Å². The number of ether oxygens (including phenoxy) is 2. The van der Waals surface area contributed by atoms with Crippen molar-refractivity contribution < 1.29 is 27.8 Å². The number of nitrogens with zero attached hydrogens (tertiary/aromatic N) is 1. The molecular formula is C14H23F2NO4. The zero-order chi connectivity index (χ0) is 16.4. The Hall–Kier alpha value is -1.40. The van der Waals surface area contributed by atoms with Crippen LogP contribution in [0.25, 0.3) is 0 Å². The van der Waals surface area contributed by atoms with E-state index in [-0.39, 0.29) is 6.42 Å². The molecule has 1 heterocycles. The van der Waals surface area contributed by atoms with Crippen molar-refractivity contribution in [3.63, 3.8) is 0 Å². The number of rotatable bonds is 3. The monoisotopic (exact) mass is 307 g/mol. The molecule has 1 unspecified atom stereocenters. The van der Waals surface area contributed by atoms with Crippen LogP contribution in [-0.4, -0.2) is 48.2 Å². The lowest BCUT2D eigenvalue weighted by molar-refractivity contribution is -0.145. The SMILES string of the molecule is COC(=O)C(C)C[C@@H]1CC(F)(F)CN1C(=O)OC(C)(C)C. The van der Waals surface area contributed by atoms with Gasteiger partial charge in [-0.1, -0.05) is 6.92 Å². The quantitative estimate of drug-likeness (QED) is 0.752. The first kappa shape index (κ1) is 17.7. The lowest BCUT2D eigenvalue weighted by Gasteiger charge is -2.28. The van der Waals surface area contributed by atoms with Gasteiger partial charge in [-0.2, -0.15) is 0 Å². The summed E-state index contributed by atoms with van der Waals surface area (Å²) in [5.41, 5.74) is -0.756. The average Bonchev–Trinajstić information content (AvgIpc) is 2.61. The smallest absolute Gasteiger partial charge is 0.410 e. The van der Waals surface area contributed by atoms with E-state index in [4.69, 9.17) is 4.74 Å². The van der Waals surface area contributed by atoms with Crippen LogP contribution in [-0.2, 0) is 14.3 Å². The summed E-state index contributed by atoms with van der Waals surface area (Å²) in [5.74, 6) is -3.99. The number of hydrogen-bond acceptors (Lipinski definition) is 4. The van der Waals surface area contributed by atoms with E-state index in [1.165, 1.54) is 7.11 Å². The third kappa shape index (κ3) is 5.13. The van der Waals surface area contributed by atoms with Crippen molar-refractivity contribution >= 4 is 12.1 Å². The van der Waals surface area contributed by atoms with Gasteiger partial charge in [0.2, 0.25) is 0 Å². The Morgan fingerprint density at radius 2 is 1.95 bits per heavy atom. The highest BCUT2D eigenvalue weighted by molar-refractivity contribution is 5.72. The molecule has 7 heteroatoms. The Morgan fingerprint density at radius 3 is 2.43 bits per heavy atom. The molecule has 0 saturated carbocycles. The maximum Gasteiger partial charge on any atom is 0.410 e. The fourth-order valence-electron chi connectivity index (χ4n) is 2.35. The molecule has 0 radical (unpaired) electrons. The van der Waals surface area contributed by atoms with Gasteiger partial charge < -0.3 is 9.47 Å². The van der Waals surface area contributed by atoms with Gasteiger partial charge in [0.15, 0.2) is 0 Å². The molecule has 1 rings (SSSR count). The number of hydrogen-bond donors (Lipinski definition) is 0. The first-order chi connectivity index (χ1) is 9.45. The Bertz CT molecular complexity index is 406. The summed E-state index contributed by atoms with van der Waals surface area (Å²) in [6, 6.07) is -0.732. The molecule has 1 amide bonds. The zero-order valence-corrected chi connectivity index (χ0v) is 13.1. The van der Waals surface area contributed by atoms with E-state index >= 15 is 0 Å². The van der Waals surface area contributed by atoms with Crippen LogP contribution in [0.5, 0.6) is 0 Å². The minimum absolute atomic E-state index is 0.126. The van der Waals surface area contributed by atoms with Crippen molar-refractivity contribution in [3.8, 4) is 0 Å². The van der Waals surface area contributed by atoms with Crippen molar-refractivity contribution in [2.45, 2.75) is 58.1 Å². The van der Waals surface area contributed by atoms with Gasteiger partial charge in [0.05, 0.1) is 19.6 Å². The van der Waals surface area contributed by atoms with E-state index in [2.05, 4.69) is 4.74 Å². The van der Waals surface area contributed by atoms with Crippen LogP contribution in [0, 0.1) is 5.92 Å². The van der Waals surface area contributed by atoms with Gasteiger partial charge in [-0.05, 0) is 27.2 Å². The predicted octanol–water partition coefficient (Wildman–Crippen LogP) is 2.83. The maximum atomic E-state index is 13.6. The number of likely N-dealkylation sites (tertiary alicyclic amines) is 1. The Labute approximate surface area is 123 Å². The summed E-state index contributed by atoms with van der Waals surface area (Å²) < 4.78 is 37.0. The molecule has 1 aliphatic rings. The van der Waals surface area contributed by atoms with Crippen molar-refractivity contribution in [2.75, 3.05) is 13.7 Å². The van der Waals surface area contributed by atoms with E-state index in [1.54, 1.807) is 27.7 Å². The van der Waals surface area contributed by atoms with Crippen LogP contribution < -0.4 is 0 Å². The van der Waals surface area contributed by atoms with Crippen LogP contribution in [0.4, 0.5) is 13.6 Å². The van der Waals surface area contributed by atoms with Crippen molar-refractivity contribution in [2.24, 2.45) is 5.92 Å². The molecule has 0 bridgehead atoms. The fraction of sp³-hybridized carbons (Fsp3) is 0.857. The summed E-state index contributed by atoms with van der Waals surface area (Å²) in [6.45, 7) is 5.93. The normalized spacial score (nSPS) is 22.8. The summed E-state index contributed by atoms with van der Waals surface area (Å²) in [6.07, 6.45) is -1.11. The Morgan fingerprint density at radius 1 is 1.38 bits per heavy atom. The molecule has 21 heavy (non-hydrogen) atoms. The number of amides is 1. The van der Waals surface area contributed by atoms with Crippen LogP contribution in [0.2, 0.25) is 0 Å². The van der Waals surface area contributed by atoms with Gasteiger partial charge in [-0.15, -0.1) is 0 Å². The minimum Gasteiger partial charge on any atom is -0.469 e. The lowest BCUT2D eigenvalue weighted by atomic mass is 9.99. The topological polar surface area (TPSA) is 55.8 Å². The summed E-state index contributed by atoms with van der Waals surface area (Å²) in [7, 11) is 1.24. The highest BCUT2D eigenvalue weighted by Crippen LogP contribution is 2.35. The van der Waals surface area contributed by atoms with Gasteiger partial charge in [0.25, 0.3) is 5.92 Å². The number of halogens is 2. The molecule has 1 saturated heterocycles. The van der Waals surface area contributed by atoms with Crippen molar-refractivity contribution in [1.82, 2.24) is 4.90 Å². The number of carbonyl (C=O) groups excluding carboxylic acids is 2. The summed E-state index contributed by atoms with van der Waals surface area (Å²) in [5, 5.41) is 0. The van der Waals surface area contributed by atoms with E-state index < -0.39 is 48.5 Å². The number of carbonyl (C=O) groups is 2. The molecule has 0 spiro atoms. The lowest BCUT2D eigenvalue weighted by Crippen LogP contribution is -2.41. The predicted molar refractivity (Wildman–Crippen MR) is 72.1 cm³/mol. The molecular weight excluding hydrogens is 284 g/mol. The maximum absolute atomic E-state index is 13.6. The Balaban J connectivity index is 2.79. The zero-order valence-electron chi connectivity index (χ0n) is 13.1. The molecule has 1 aliphatic heterocycles. The first-order valence-electron chi connectivity index (χ1n) is 6.90. The molecule has 0 N–H and O–H groups in total. The molecule has 122 valence electrons. The molecule has 0 aromatic carbocycles. The summed E-state index contributed by atoms with van der Waals surface area (Å²) in [4.78, 5) is 24.5. The molecule has 2 atom stereocenters. The molecule has 0 aromatic heterocycles. The van der Waals surface area contributed by atoms with Crippen LogP contribution in [0.3, 0.4) is 0 Å². The fourth-order valence-corrected chi connectivity index (χ4v) is 2.35. The van der Waals surface area contributed by atoms with Gasteiger partial charge >= 0.3 is 12.1 Å². The second-order valence-electron chi connectivity index (χ2n) is 6.48. The van der Waals surface area contributed by atoms with Gasteiger partial charge in [-0.3, -0.25) is 9.69 Å². The Kier molecular flexibility index (Phi) is 5.17. The van der Waals surface area contributed by atoms with Gasteiger partial charge in [0.1, 0.15) is 5.60 Å². The number of methoxy groups -OCH3 is 1. The third-order valence-corrected chi connectivity index (χ3v) is 3.23. The standard InChI is InChI=1S/C14H23F2NO4/c1-9(11(18)20-5)6-10-7-14(15,16)8-17(10)12(19)21-13(2,3)4/h9-10H,6-8H2,1-5H3/t9?,10-/m1/s1. The van der Waals surface area contributed by atoms with E-state index in [0.29, 0.717) is 0 Å². The van der Waals surface area contributed by atoms with Crippen molar-refractivity contribution in [3.05, 3.63) is 0 Å². The minimum atomic E-state index is -2.96. The summed E-state index contributed by atoms with van der Waals surface area (Å²) >= 11 is 0. The molecule has 1 fully saturated rings. The number of esters is 1. The second-order valence-corrected chi connectivity index (χ2v) is 6.48. The average molecular weight is 307 g/mol. The largest absolute Gasteiger partial charge is 0.469 e. The van der Waals surface area contributed by atoms with E-state index in [0.717, 1.165) is 4.90 Å². The van der Waals surface area contributed by atoms with Crippen LogP contribution in [0.15, 0.2) is 0 Å². The highest BCUT2D eigenvalue weighted by Gasteiger charge is 2.48. The molecule has 0 aromatic rings. The van der Waals surface area contributed by atoms with Crippen LogP contribution in [0.1, 0.15) is 40.5 Å².